The smallest absolute Gasteiger partial charge is 0.336 e. The number of aromatic nitrogens is 4. The van der Waals surface area contributed by atoms with Gasteiger partial charge in [0.25, 0.3) is 0 Å². The second kappa shape index (κ2) is 7.66. The fraction of sp³-hybridized carbons (Fsp3) is 0.0833. The summed E-state index contributed by atoms with van der Waals surface area (Å²) in [6, 6.07) is 20.8. The summed E-state index contributed by atoms with van der Waals surface area (Å²) >= 11 is 0. The molecule has 0 unspecified atom stereocenters. The van der Waals surface area contributed by atoms with Crippen molar-refractivity contribution < 1.29 is 9.90 Å². The lowest BCUT2D eigenvalue weighted by atomic mass is 10.1. The van der Waals surface area contributed by atoms with Crippen LogP contribution >= 0.6 is 0 Å². The summed E-state index contributed by atoms with van der Waals surface area (Å²) in [4.78, 5) is 32.7. The Balaban J connectivity index is 1.58. The molecule has 0 saturated carbocycles. The number of carbonyl (C=O) groups is 1. The average molecular weight is 425 g/mol. The number of rotatable bonds is 5. The van der Waals surface area contributed by atoms with Crippen LogP contribution in [0.1, 0.15) is 21.5 Å². The minimum absolute atomic E-state index is 0.0151. The third-order valence-corrected chi connectivity index (χ3v) is 5.51. The van der Waals surface area contributed by atoms with Gasteiger partial charge >= 0.3 is 11.5 Å². The molecule has 8 heteroatoms. The van der Waals surface area contributed by atoms with E-state index in [2.05, 4.69) is 16.0 Å². The maximum Gasteiger partial charge on any atom is 0.336 e. The predicted octanol–water partition coefficient (Wildman–Crippen LogP) is 3.12. The minimum Gasteiger partial charge on any atom is -0.478 e. The fourth-order valence-electron chi connectivity index (χ4n) is 3.96. The summed E-state index contributed by atoms with van der Waals surface area (Å²) in [5.41, 5.74) is 7.97. The highest BCUT2D eigenvalue weighted by atomic mass is 16.4. The molecule has 3 aromatic carbocycles. The lowest BCUT2D eigenvalue weighted by molar-refractivity contribution is 0.0695. The number of nitrogens with zero attached hydrogens (tertiary/aromatic N) is 4. The number of aromatic carboxylic acids is 1. The SMILES string of the molecule is Nc1nc(=O)c2c(ncn2Cc2ccc3ccccc3c2)n1Cc1ccccc1C(=O)O. The molecule has 0 amide bonds. The molecule has 3 N–H and O–H groups in total. The van der Waals surface area contributed by atoms with Gasteiger partial charge in [-0.2, -0.15) is 4.98 Å². The zero-order chi connectivity index (χ0) is 22.2. The van der Waals surface area contributed by atoms with Crippen LogP contribution in [0.15, 0.2) is 77.9 Å². The van der Waals surface area contributed by atoms with Gasteiger partial charge in [-0.15, -0.1) is 0 Å². The summed E-state index contributed by atoms with van der Waals surface area (Å²) in [5.74, 6) is -1.05. The van der Waals surface area contributed by atoms with E-state index in [0.29, 0.717) is 23.3 Å². The molecule has 0 fully saturated rings. The van der Waals surface area contributed by atoms with Gasteiger partial charge in [-0.05, 0) is 34.0 Å². The van der Waals surface area contributed by atoms with Crippen molar-refractivity contribution in [2.75, 3.05) is 5.73 Å². The van der Waals surface area contributed by atoms with Gasteiger partial charge in [0.15, 0.2) is 11.2 Å². The van der Waals surface area contributed by atoms with E-state index in [9.17, 15) is 14.7 Å². The van der Waals surface area contributed by atoms with Crippen molar-refractivity contribution in [1.82, 2.24) is 19.1 Å². The third-order valence-electron chi connectivity index (χ3n) is 5.51. The summed E-state index contributed by atoms with van der Waals surface area (Å²) in [6.45, 7) is 0.568. The van der Waals surface area contributed by atoms with E-state index in [1.54, 1.807) is 33.7 Å². The normalized spacial score (nSPS) is 11.2. The first-order valence-corrected chi connectivity index (χ1v) is 10.0. The quantitative estimate of drug-likeness (QED) is 0.447. The number of hydrogen-bond donors (Lipinski definition) is 2. The molecular formula is C24H19N5O3. The minimum atomic E-state index is -1.04. The lowest BCUT2D eigenvalue weighted by Crippen LogP contribution is -2.21. The van der Waals surface area contributed by atoms with Crippen molar-refractivity contribution in [3.05, 3.63) is 100 Å². The van der Waals surface area contributed by atoms with Crippen LogP contribution in [0.25, 0.3) is 21.9 Å². The molecule has 8 nitrogen and oxygen atoms in total. The molecule has 0 bridgehead atoms. The van der Waals surface area contributed by atoms with Crippen LogP contribution in [0.4, 0.5) is 5.95 Å². The summed E-state index contributed by atoms with van der Waals surface area (Å²) in [7, 11) is 0. The third kappa shape index (κ3) is 3.37. The Labute approximate surface area is 182 Å². The van der Waals surface area contributed by atoms with Gasteiger partial charge < -0.3 is 15.4 Å². The largest absolute Gasteiger partial charge is 0.478 e. The number of nitrogen functional groups attached to an aromatic ring is 1. The zero-order valence-electron chi connectivity index (χ0n) is 17.0. The maximum atomic E-state index is 12.7. The molecule has 0 aliphatic heterocycles. The predicted molar refractivity (Wildman–Crippen MR) is 122 cm³/mol. The Hall–Kier alpha value is -4.46. The van der Waals surface area contributed by atoms with Gasteiger partial charge in [-0.3, -0.25) is 9.36 Å². The molecule has 0 aliphatic carbocycles. The molecule has 2 heterocycles. The Morgan fingerprint density at radius 3 is 2.53 bits per heavy atom. The summed E-state index contributed by atoms with van der Waals surface area (Å²) < 4.78 is 3.31. The zero-order valence-corrected chi connectivity index (χ0v) is 17.0. The van der Waals surface area contributed by atoms with E-state index in [1.807, 2.05) is 36.4 Å². The van der Waals surface area contributed by atoms with Crippen molar-refractivity contribution in [1.29, 1.82) is 0 Å². The lowest BCUT2D eigenvalue weighted by Gasteiger charge is -2.13. The number of nitrogens with two attached hydrogens (primary N) is 1. The fourth-order valence-corrected chi connectivity index (χ4v) is 3.96. The monoisotopic (exact) mass is 425 g/mol. The van der Waals surface area contributed by atoms with Gasteiger partial charge in [-0.1, -0.05) is 54.6 Å². The Bertz CT molecular complexity index is 1550. The molecule has 0 spiro atoms. The molecule has 0 radical (unpaired) electrons. The van der Waals surface area contributed by atoms with Gasteiger partial charge in [-0.25, -0.2) is 9.78 Å². The van der Waals surface area contributed by atoms with E-state index in [1.165, 1.54) is 6.07 Å². The van der Waals surface area contributed by atoms with Crippen LogP contribution in [-0.2, 0) is 13.1 Å². The maximum absolute atomic E-state index is 12.7. The van der Waals surface area contributed by atoms with Crippen molar-refractivity contribution in [2.45, 2.75) is 13.1 Å². The molecule has 32 heavy (non-hydrogen) atoms. The second-order valence-corrected chi connectivity index (χ2v) is 7.55. The highest BCUT2D eigenvalue weighted by Crippen LogP contribution is 2.20. The highest BCUT2D eigenvalue weighted by Gasteiger charge is 2.17. The first-order chi connectivity index (χ1) is 15.5. The molecule has 0 atom stereocenters. The molecule has 2 aromatic heterocycles. The highest BCUT2D eigenvalue weighted by molar-refractivity contribution is 5.89. The van der Waals surface area contributed by atoms with Gasteiger partial charge in [0, 0.05) is 6.54 Å². The number of benzene rings is 3. The van der Waals surface area contributed by atoms with E-state index in [0.717, 1.165) is 16.3 Å². The number of fused-ring (bicyclic) bond motifs is 2. The van der Waals surface area contributed by atoms with Gasteiger partial charge in [0.05, 0.1) is 18.4 Å². The molecule has 0 aliphatic rings. The van der Waals surface area contributed by atoms with Crippen LogP contribution in [-0.4, -0.2) is 30.2 Å². The first-order valence-electron chi connectivity index (χ1n) is 10.0. The van der Waals surface area contributed by atoms with Crippen molar-refractivity contribution in [3.8, 4) is 0 Å². The summed E-state index contributed by atoms with van der Waals surface area (Å²) in [5, 5.41) is 11.7. The second-order valence-electron chi connectivity index (χ2n) is 7.55. The van der Waals surface area contributed by atoms with E-state index in [4.69, 9.17) is 5.73 Å². The van der Waals surface area contributed by atoms with Crippen molar-refractivity contribution in [3.63, 3.8) is 0 Å². The molecule has 5 rings (SSSR count). The van der Waals surface area contributed by atoms with Crippen molar-refractivity contribution >= 4 is 33.9 Å². The topological polar surface area (TPSA) is 116 Å². The number of carboxylic acid groups (broad SMARTS) is 1. The van der Waals surface area contributed by atoms with Crippen LogP contribution < -0.4 is 11.3 Å². The number of anilines is 1. The molecule has 158 valence electrons. The van der Waals surface area contributed by atoms with Crippen molar-refractivity contribution in [2.24, 2.45) is 0 Å². The van der Waals surface area contributed by atoms with Crippen LogP contribution in [0.5, 0.6) is 0 Å². The molecule has 0 saturated heterocycles. The Morgan fingerprint density at radius 2 is 1.72 bits per heavy atom. The van der Waals surface area contributed by atoms with Crippen LogP contribution in [0.2, 0.25) is 0 Å². The standard InChI is InChI=1S/C24H19N5O3/c25-24-27-22(30)20-21(29(24)13-18-7-3-4-8-19(18)23(31)32)26-14-28(20)12-15-9-10-16-5-1-2-6-17(16)11-15/h1-11,14H,12-13H2,(H,31,32)(H2,25,27,30). The van der Waals surface area contributed by atoms with Gasteiger partial charge in [0.1, 0.15) is 0 Å². The van der Waals surface area contributed by atoms with Crippen LogP contribution in [0, 0.1) is 0 Å². The average Bonchev–Trinajstić information content (AvgIpc) is 3.20. The first kappa shape index (κ1) is 19.5. The molecule has 5 aromatic rings. The van der Waals surface area contributed by atoms with E-state index < -0.39 is 11.5 Å². The van der Waals surface area contributed by atoms with E-state index >= 15 is 0 Å². The Kier molecular flexibility index (Phi) is 4.67. The number of hydrogen-bond acceptors (Lipinski definition) is 5. The summed E-state index contributed by atoms with van der Waals surface area (Å²) in [6.07, 6.45) is 1.59. The Morgan fingerprint density at radius 1 is 0.969 bits per heavy atom. The molecular weight excluding hydrogens is 406 g/mol. The van der Waals surface area contributed by atoms with Crippen LogP contribution in [0.3, 0.4) is 0 Å². The number of carboxylic acids is 1. The van der Waals surface area contributed by atoms with Gasteiger partial charge in [0.2, 0.25) is 5.95 Å². The van der Waals surface area contributed by atoms with E-state index in [-0.39, 0.29) is 18.1 Å². The number of imidazole rings is 1.